The third kappa shape index (κ3) is 4.17. The number of carbonyl (C=O) groups excluding carboxylic acids is 2. The Kier molecular flexibility index (Phi) is 8.32. The van der Waals surface area contributed by atoms with Crippen LogP contribution in [0.25, 0.3) is 0 Å². The lowest BCUT2D eigenvalue weighted by atomic mass is 9.73. The number of hydrogen-bond acceptors (Lipinski definition) is 5. The normalized spacial score (nSPS) is 28.9. The van der Waals surface area contributed by atoms with Gasteiger partial charge in [-0.25, -0.2) is 0 Å². The molecule has 0 heterocycles. The molecule has 4 N–H and O–H groups in total. The van der Waals surface area contributed by atoms with Crippen LogP contribution < -0.4 is 11.5 Å². The van der Waals surface area contributed by atoms with E-state index in [2.05, 4.69) is 0 Å². The van der Waals surface area contributed by atoms with Crippen LogP contribution >= 0.6 is 12.4 Å². The van der Waals surface area contributed by atoms with Crippen LogP contribution in [-0.2, 0) is 14.3 Å². The third-order valence-electron chi connectivity index (χ3n) is 4.53. The second kappa shape index (κ2) is 8.60. The number of nitrogens with two attached hydrogens (primary N) is 2. The topological polar surface area (TPSA) is 95.4 Å². The molecule has 0 aromatic carbocycles. The summed E-state index contributed by atoms with van der Waals surface area (Å²) in [5.74, 6) is 0.368. The van der Waals surface area contributed by atoms with Crippen molar-refractivity contribution < 1.29 is 14.3 Å². The van der Waals surface area contributed by atoms with Crippen molar-refractivity contribution in [1.29, 1.82) is 0 Å². The second-order valence-electron chi connectivity index (χ2n) is 5.66. The number of Topliss-reactive ketones (excluding diaryl/α,β-unsaturated/α-hetero) is 1. The molecule has 0 aromatic rings. The highest BCUT2D eigenvalue weighted by molar-refractivity contribution is 5.93. The third-order valence-corrected chi connectivity index (χ3v) is 4.53. The van der Waals surface area contributed by atoms with Gasteiger partial charge < -0.3 is 16.2 Å². The molecular formula is C14H27ClN2O3. The van der Waals surface area contributed by atoms with E-state index >= 15 is 0 Å². The predicted molar refractivity (Wildman–Crippen MR) is 80.6 cm³/mol. The molecule has 1 aliphatic rings. The van der Waals surface area contributed by atoms with Gasteiger partial charge in [0.25, 0.3) is 6.47 Å². The first-order chi connectivity index (χ1) is 9.00. The van der Waals surface area contributed by atoms with Crippen molar-refractivity contribution >= 4 is 24.7 Å². The summed E-state index contributed by atoms with van der Waals surface area (Å²) in [6.45, 7) is 4.94. The number of halogens is 1. The van der Waals surface area contributed by atoms with Crippen LogP contribution in [0.5, 0.6) is 0 Å². The highest BCUT2D eigenvalue weighted by atomic mass is 35.5. The lowest BCUT2D eigenvalue weighted by molar-refractivity contribution is -0.162. The maximum atomic E-state index is 12.6. The molecule has 0 saturated heterocycles. The zero-order chi connectivity index (χ0) is 14.5. The highest BCUT2D eigenvalue weighted by Gasteiger charge is 2.46. The van der Waals surface area contributed by atoms with Gasteiger partial charge in [-0.15, -0.1) is 12.4 Å². The Labute approximate surface area is 127 Å². The first-order valence-corrected chi connectivity index (χ1v) is 7.12. The van der Waals surface area contributed by atoms with Gasteiger partial charge in [0, 0.05) is 0 Å². The van der Waals surface area contributed by atoms with Gasteiger partial charge in [-0.05, 0) is 44.1 Å². The molecule has 118 valence electrons. The molecule has 6 heteroatoms. The first-order valence-electron chi connectivity index (χ1n) is 7.12. The Morgan fingerprint density at radius 2 is 2.00 bits per heavy atom. The van der Waals surface area contributed by atoms with Crippen LogP contribution in [0.2, 0.25) is 0 Å². The van der Waals surface area contributed by atoms with Crippen LogP contribution in [0.1, 0.15) is 46.0 Å². The summed E-state index contributed by atoms with van der Waals surface area (Å²) in [5.41, 5.74) is 10.6. The van der Waals surface area contributed by atoms with Crippen molar-refractivity contribution in [3.63, 3.8) is 0 Å². The van der Waals surface area contributed by atoms with E-state index in [1.807, 2.05) is 13.8 Å². The van der Waals surface area contributed by atoms with E-state index in [0.29, 0.717) is 31.8 Å². The summed E-state index contributed by atoms with van der Waals surface area (Å²) in [5, 5.41) is 0. The molecule has 0 amide bonds. The number of ether oxygens (including phenoxy) is 1. The van der Waals surface area contributed by atoms with E-state index in [9.17, 15) is 9.59 Å². The lowest BCUT2D eigenvalue weighted by Gasteiger charge is -2.39. The number of rotatable bonds is 7. The number of ketones is 1. The van der Waals surface area contributed by atoms with Crippen LogP contribution in [0.4, 0.5) is 0 Å². The highest BCUT2D eigenvalue weighted by Crippen LogP contribution is 2.36. The minimum Gasteiger partial charge on any atom is -0.453 e. The average Bonchev–Trinajstić information content (AvgIpc) is 2.45. The summed E-state index contributed by atoms with van der Waals surface area (Å²) in [4.78, 5) is 23.3. The molecule has 0 aromatic heterocycles. The summed E-state index contributed by atoms with van der Waals surface area (Å²) >= 11 is 0. The van der Waals surface area contributed by atoms with Crippen molar-refractivity contribution in [2.45, 2.75) is 57.6 Å². The van der Waals surface area contributed by atoms with Gasteiger partial charge in [0.15, 0.2) is 11.4 Å². The Morgan fingerprint density at radius 1 is 1.45 bits per heavy atom. The van der Waals surface area contributed by atoms with Crippen LogP contribution in [0.3, 0.4) is 0 Å². The maximum Gasteiger partial charge on any atom is 0.294 e. The van der Waals surface area contributed by atoms with Gasteiger partial charge in [-0.3, -0.25) is 9.59 Å². The fraction of sp³-hybridized carbons (Fsp3) is 0.857. The average molecular weight is 307 g/mol. The molecule has 0 spiro atoms. The molecule has 0 radical (unpaired) electrons. The number of carbonyl (C=O) groups is 2. The molecule has 5 nitrogen and oxygen atoms in total. The van der Waals surface area contributed by atoms with E-state index < -0.39 is 11.6 Å². The van der Waals surface area contributed by atoms with Crippen LogP contribution in [0, 0.1) is 11.8 Å². The summed E-state index contributed by atoms with van der Waals surface area (Å²) in [6.07, 6.45) is 3.52. The van der Waals surface area contributed by atoms with E-state index in [4.69, 9.17) is 16.2 Å². The Morgan fingerprint density at radius 3 is 2.40 bits per heavy atom. The van der Waals surface area contributed by atoms with Crippen molar-refractivity contribution in [2.24, 2.45) is 23.3 Å². The molecular weight excluding hydrogens is 280 g/mol. The quantitative estimate of drug-likeness (QED) is 0.693. The minimum absolute atomic E-state index is 0. The predicted octanol–water partition coefficient (Wildman–Crippen LogP) is 1.41. The van der Waals surface area contributed by atoms with Gasteiger partial charge >= 0.3 is 0 Å². The molecule has 1 rings (SSSR count). The Hall–Kier alpha value is -0.650. The van der Waals surface area contributed by atoms with Gasteiger partial charge in [-0.2, -0.15) is 0 Å². The lowest BCUT2D eigenvalue weighted by Crippen LogP contribution is -2.54. The summed E-state index contributed by atoms with van der Waals surface area (Å²) in [7, 11) is 0. The largest absolute Gasteiger partial charge is 0.453 e. The Bertz CT molecular complexity index is 318. The van der Waals surface area contributed by atoms with Crippen LogP contribution in [-0.4, -0.2) is 30.4 Å². The van der Waals surface area contributed by atoms with E-state index in [0.717, 1.165) is 19.3 Å². The molecule has 2 atom stereocenters. The first kappa shape index (κ1) is 19.4. The fourth-order valence-corrected chi connectivity index (χ4v) is 2.71. The van der Waals surface area contributed by atoms with Gasteiger partial charge in [0.2, 0.25) is 0 Å². The molecule has 0 aliphatic heterocycles. The van der Waals surface area contributed by atoms with E-state index in [1.165, 1.54) is 0 Å². The standard InChI is InChI=1S/C14H26N2O3.ClH/c1-3-10(2)12(16)13(18)14(19-9-17)6-4-11(8-15)5-7-14;/h9-12H,3-8,15-16H2,1-2H3;1H/t10-,11?,12-,14?;/m0./s1. The zero-order valence-corrected chi connectivity index (χ0v) is 13.2. The maximum absolute atomic E-state index is 12.6. The van der Waals surface area contributed by atoms with E-state index in [-0.39, 0.29) is 24.1 Å². The minimum atomic E-state index is -1.02. The molecule has 0 unspecified atom stereocenters. The molecule has 1 aliphatic carbocycles. The van der Waals surface area contributed by atoms with Crippen molar-refractivity contribution in [2.75, 3.05) is 6.54 Å². The molecule has 1 saturated carbocycles. The van der Waals surface area contributed by atoms with Crippen molar-refractivity contribution in [3.8, 4) is 0 Å². The summed E-state index contributed by atoms with van der Waals surface area (Å²) in [6, 6.07) is -0.570. The molecule has 20 heavy (non-hydrogen) atoms. The summed E-state index contributed by atoms with van der Waals surface area (Å²) < 4.78 is 5.19. The number of hydrogen-bond donors (Lipinski definition) is 2. The zero-order valence-electron chi connectivity index (χ0n) is 12.3. The van der Waals surface area contributed by atoms with Gasteiger partial charge in [0.1, 0.15) is 0 Å². The second-order valence-corrected chi connectivity index (χ2v) is 5.66. The van der Waals surface area contributed by atoms with Crippen molar-refractivity contribution in [1.82, 2.24) is 0 Å². The van der Waals surface area contributed by atoms with E-state index in [1.54, 1.807) is 0 Å². The molecule has 0 bridgehead atoms. The SMILES string of the molecule is CC[C@H](C)[C@H](N)C(=O)C1(OC=O)CCC(CN)CC1.Cl. The monoisotopic (exact) mass is 306 g/mol. The van der Waals surface area contributed by atoms with Gasteiger partial charge in [-0.1, -0.05) is 20.3 Å². The Balaban J connectivity index is 0.00000361. The smallest absolute Gasteiger partial charge is 0.294 e. The fourth-order valence-electron chi connectivity index (χ4n) is 2.71. The van der Waals surface area contributed by atoms with Gasteiger partial charge in [0.05, 0.1) is 6.04 Å². The van der Waals surface area contributed by atoms with Crippen molar-refractivity contribution in [3.05, 3.63) is 0 Å². The van der Waals surface area contributed by atoms with Crippen LogP contribution in [0.15, 0.2) is 0 Å². The molecule has 1 fully saturated rings.